The van der Waals surface area contributed by atoms with E-state index in [1.165, 1.54) is 51.3 Å². The van der Waals surface area contributed by atoms with Gasteiger partial charge in [-0.05, 0) is 0 Å². The van der Waals surface area contributed by atoms with E-state index in [2.05, 4.69) is 10.4 Å². The van der Waals surface area contributed by atoms with Gasteiger partial charge >= 0.3 is 0 Å². The number of likely N-dealkylation sites (N-methyl/N-ethyl adjacent to an activating group) is 1. The van der Waals surface area contributed by atoms with Gasteiger partial charge in [-0.3, -0.25) is 14.3 Å². The second kappa shape index (κ2) is 8.98. The summed E-state index contributed by atoms with van der Waals surface area (Å²) in [6, 6.07) is 3.20. The number of ether oxygens (including phenoxy) is 4. The van der Waals surface area contributed by atoms with Crippen LogP contribution in [-0.4, -0.2) is 68.5 Å². The number of hydrogen-bond donors (Lipinski definition) is 1. The Morgan fingerprint density at radius 3 is 2.18 bits per heavy atom. The van der Waals surface area contributed by atoms with E-state index in [0.717, 1.165) is 0 Å². The Balaban J connectivity index is 2.12. The Labute approximate surface area is 162 Å². The molecular weight excluding hydrogens is 368 g/mol. The molecule has 10 heteroatoms. The minimum absolute atomic E-state index is 0.173. The van der Waals surface area contributed by atoms with Gasteiger partial charge in [0.25, 0.3) is 5.91 Å². The van der Waals surface area contributed by atoms with E-state index in [9.17, 15) is 9.59 Å². The Kier molecular flexibility index (Phi) is 6.69. The van der Waals surface area contributed by atoms with Crippen molar-refractivity contribution in [1.82, 2.24) is 14.7 Å². The highest BCUT2D eigenvalue weighted by molar-refractivity contribution is 6.00. The first-order chi connectivity index (χ1) is 13.3. The standard InChI is InChI=1S/C18H24N4O6/c1-21(18(24)12-9-22(2)20-17(12)28-6)10-15(23)19-11-7-13(25-3)16(27-5)14(8-11)26-4/h7-9H,10H2,1-6H3,(H,19,23). The largest absolute Gasteiger partial charge is 0.493 e. The quantitative estimate of drug-likeness (QED) is 0.719. The van der Waals surface area contributed by atoms with Gasteiger partial charge in [0.1, 0.15) is 5.56 Å². The van der Waals surface area contributed by atoms with Gasteiger partial charge in [0.05, 0.1) is 35.0 Å². The average Bonchev–Trinajstić information content (AvgIpc) is 3.06. The molecule has 0 aliphatic carbocycles. The molecule has 0 aliphatic rings. The van der Waals surface area contributed by atoms with E-state index in [0.29, 0.717) is 22.9 Å². The number of aromatic nitrogens is 2. The first kappa shape index (κ1) is 20.9. The van der Waals surface area contributed by atoms with Gasteiger partial charge in [0.2, 0.25) is 17.5 Å². The first-order valence-corrected chi connectivity index (χ1v) is 8.27. The Hall–Kier alpha value is -3.43. The smallest absolute Gasteiger partial charge is 0.261 e. The van der Waals surface area contributed by atoms with Crippen LogP contribution in [0.15, 0.2) is 18.3 Å². The van der Waals surface area contributed by atoms with Gasteiger partial charge in [-0.15, -0.1) is 5.10 Å². The second-order valence-electron chi connectivity index (χ2n) is 5.85. The molecule has 1 aromatic heterocycles. The fourth-order valence-corrected chi connectivity index (χ4v) is 2.61. The molecule has 0 aliphatic heterocycles. The Bertz CT molecular complexity index is 839. The second-order valence-corrected chi connectivity index (χ2v) is 5.85. The fraction of sp³-hybridized carbons (Fsp3) is 0.389. The molecule has 2 rings (SSSR count). The molecule has 1 heterocycles. The highest BCUT2D eigenvalue weighted by Gasteiger charge is 2.22. The molecule has 0 spiro atoms. The van der Waals surface area contributed by atoms with Crippen LogP contribution >= 0.6 is 0 Å². The topological polar surface area (TPSA) is 104 Å². The van der Waals surface area contributed by atoms with E-state index in [4.69, 9.17) is 18.9 Å². The number of nitrogens with zero attached hydrogens (tertiary/aromatic N) is 3. The van der Waals surface area contributed by atoms with Gasteiger partial charge in [0.15, 0.2) is 11.5 Å². The Morgan fingerprint density at radius 2 is 1.68 bits per heavy atom. The van der Waals surface area contributed by atoms with Crippen LogP contribution in [0.5, 0.6) is 23.1 Å². The van der Waals surface area contributed by atoms with Crippen LogP contribution in [0.2, 0.25) is 0 Å². The van der Waals surface area contributed by atoms with Gasteiger partial charge in [-0.1, -0.05) is 0 Å². The minimum Gasteiger partial charge on any atom is -0.493 e. The molecule has 0 fully saturated rings. The summed E-state index contributed by atoms with van der Waals surface area (Å²) in [5, 5.41) is 6.75. The number of carbonyl (C=O) groups excluding carboxylic acids is 2. The normalized spacial score (nSPS) is 10.2. The fourth-order valence-electron chi connectivity index (χ4n) is 2.61. The third kappa shape index (κ3) is 4.45. The summed E-state index contributed by atoms with van der Waals surface area (Å²) in [5.41, 5.74) is 0.715. The van der Waals surface area contributed by atoms with E-state index in [-0.39, 0.29) is 23.9 Å². The molecule has 0 radical (unpaired) electrons. The zero-order valence-electron chi connectivity index (χ0n) is 16.7. The van der Waals surface area contributed by atoms with Crippen molar-refractivity contribution in [1.29, 1.82) is 0 Å². The van der Waals surface area contributed by atoms with Crippen LogP contribution in [0.3, 0.4) is 0 Å². The van der Waals surface area contributed by atoms with Crippen molar-refractivity contribution in [2.75, 3.05) is 47.3 Å². The average molecular weight is 392 g/mol. The SMILES string of the molecule is COc1cc(NC(=O)CN(C)C(=O)c2cn(C)nc2OC)cc(OC)c1OC. The van der Waals surface area contributed by atoms with Crippen molar-refractivity contribution in [2.45, 2.75) is 0 Å². The summed E-state index contributed by atoms with van der Waals surface area (Å²) >= 11 is 0. The van der Waals surface area contributed by atoms with Gasteiger partial charge in [-0.2, -0.15) is 0 Å². The summed E-state index contributed by atoms with van der Waals surface area (Å²) in [7, 11) is 9.08. The zero-order chi connectivity index (χ0) is 20.8. The number of rotatable bonds is 8. The van der Waals surface area contributed by atoms with Crippen LogP contribution in [0.25, 0.3) is 0 Å². The molecule has 10 nitrogen and oxygen atoms in total. The Morgan fingerprint density at radius 1 is 1.07 bits per heavy atom. The lowest BCUT2D eigenvalue weighted by Crippen LogP contribution is -2.35. The predicted molar refractivity (Wildman–Crippen MR) is 101 cm³/mol. The number of amides is 2. The van der Waals surface area contributed by atoms with E-state index < -0.39 is 5.91 Å². The van der Waals surface area contributed by atoms with E-state index >= 15 is 0 Å². The summed E-state index contributed by atoms with van der Waals surface area (Å²) < 4.78 is 22.3. The third-order valence-electron chi connectivity index (χ3n) is 3.89. The molecule has 1 aromatic carbocycles. The molecule has 2 amide bonds. The third-order valence-corrected chi connectivity index (χ3v) is 3.89. The van der Waals surface area contributed by atoms with E-state index in [1.54, 1.807) is 19.2 Å². The van der Waals surface area contributed by atoms with Crippen molar-refractivity contribution in [2.24, 2.45) is 7.05 Å². The van der Waals surface area contributed by atoms with Crippen LogP contribution in [0, 0.1) is 0 Å². The minimum atomic E-state index is -0.395. The van der Waals surface area contributed by atoms with Gasteiger partial charge < -0.3 is 29.2 Å². The van der Waals surface area contributed by atoms with Crippen LogP contribution in [0.1, 0.15) is 10.4 Å². The lowest BCUT2D eigenvalue weighted by molar-refractivity contribution is -0.116. The highest BCUT2D eigenvalue weighted by atomic mass is 16.5. The summed E-state index contributed by atoms with van der Waals surface area (Å²) in [5.74, 6) is 0.643. The molecule has 1 N–H and O–H groups in total. The number of aryl methyl sites for hydroxylation is 1. The lowest BCUT2D eigenvalue weighted by atomic mass is 10.2. The summed E-state index contributed by atoms with van der Waals surface area (Å²) in [6.07, 6.45) is 1.54. The first-order valence-electron chi connectivity index (χ1n) is 8.27. The van der Waals surface area contributed by atoms with Crippen molar-refractivity contribution in [3.05, 3.63) is 23.9 Å². The van der Waals surface area contributed by atoms with Crippen LogP contribution in [0.4, 0.5) is 5.69 Å². The number of carbonyl (C=O) groups is 2. The molecule has 28 heavy (non-hydrogen) atoms. The van der Waals surface area contributed by atoms with Crippen LogP contribution < -0.4 is 24.3 Å². The highest BCUT2D eigenvalue weighted by Crippen LogP contribution is 2.39. The molecule has 0 saturated heterocycles. The number of nitrogens with one attached hydrogen (secondary N) is 1. The molecule has 0 bridgehead atoms. The zero-order valence-corrected chi connectivity index (χ0v) is 16.7. The summed E-state index contributed by atoms with van der Waals surface area (Å²) in [6.45, 7) is -0.173. The maximum absolute atomic E-state index is 12.6. The number of hydrogen-bond acceptors (Lipinski definition) is 7. The molecule has 0 unspecified atom stereocenters. The van der Waals surface area contributed by atoms with Crippen molar-refractivity contribution >= 4 is 17.5 Å². The monoisotopic (exact) mass is 392 g/mol. The van der Waals surface area contributed by atoms with Gasteiger partial charge in [0, 0.05) is 38.1 Å². The molecule has 0 atom stereocenters. The van der Waals surface area contributed by atoms with E-state index in [1.807, 2.05) is 0 Å². The number of methoxy groups -OCH3 is 4. The van der Waals surface area contributed by atoms with Crippen molar-refractivity contribution in [3.63, 3.8) is 0 Å². The molecular formula is C18H24N4O6. The number of benzene rings is 1. The maximum atomic E-state index is 12.6. The van der Waals surface area contributed by atoms with Crippen LogP contribution in [-0.2, 0) is 11.8 Å². The maximum Gasteiger partial charge on any atom is 0.261 e. The lowest BCUT2D eigenvalue weighted by Gasteiger charge is -2.18. The molecule has 152 valence electrons. The molecule has 0 saturated carbocycles. The van der Waals surface area contributed by atoms with Crippen molar-refractivity contribution in [3.8, 4) is 23.1 Å². The van der Waals surface area contributed by atoms with Gasteiger partial charge in [-0.25, -0.2) is 0 Å². The summed E-state index contributed by atoms with van der Waals surface area (Å²) in [4.78, 5) is 26.2. The predicted octanol–water partition coefficient (Wildman–Crippen LogP) is 1.17. The van der Waals surface area contributed by atoms with Crippen molar-refractivity contribution < 1.29 is 28.5 Å². The molecule has 2 aromatic rings. The number of anilines is 1.